The second-order valence-electron chi connectivity index (χ2n) is 6.42. The van der Waals surface area contributed by atoms with Crippen LogP contribution in [0.2, 0.25) is 0 Å². The number of rotatable bonds is 4. The first-order valence-corrected chi connectivity index (χ1v) is 9.85. The van der Waals surface area contributed by atoms with E-state index < -0.39 is 10.0 Å². The third-order valence-electron chi connectivity index (χ3n) is 4.89. The zero-order valence-electron chi connectivity index (χ0n) is 13.3. The predicted molar refractivity (Wildman–Crippen MR) is 85.6 cm³/mol. The Morgan fingerprint density at radius 1 is 1.08 bits per heavy atom. The first-order valence-electron chi connectivity index (χ1n) is 8.41. The minimum Gasteiger partial charge on any atom is -0.423 e. The average molecular weight is 348 g/mol. The van der Waals surface area contributed by atoms with Crippen molar-refractivity contribution >= 4 is 10.0 Å². The van der Waals surface area contributed by atoms with Crippen molar-refractivity contribution in [1.29, 1.82) is 0 Å². The molecule has 8 heteroatoms. The van der Waals surface area contributed by atoms with Crippen LogP contribution in [0.5, 0.6) is 0 Å². The molecular weight excluding hydrogens is 328 g/mol. The molecule has 24 heavy (non-hydrogen) atoms. The summed E-state index contributed by atoms with van der Waals surface area (Å²) in [4.78, 5) is 4.14. The van der Waals surface area contributed by atoms with Crippen LogP contribution in [0.3, 0.4) is 0 Å². The smallest absolute Gasteiger partial charge is 0.245 e. The minimum absolute atomic E-state index is 0.204. The van der Waals surface area contributed by atoms with Crippen molar-refractivity contribution in [2.24, 2.45) is 0 Å². The fraction of sp³-hybridized carbons (Fsp3) is 0.562. The molecule has 0 radical (unpaired) electrons. The summed E-state index contributed by atoms with van der Waals surface area (Å²) in [5.41, 5.74) is 0. The van der Waals surface area contributed by atoms with Crippen LogP contribution in [0.15, 0.2) is 33.8 Å². The van der Waals surface area contributed by atoms with Crippen LogP contribution in [0.25, 0.3) is 0 Å². The van der Waals surface area contributed by atoms with Crippen molar-refractivity contribution in [2.75, 3.05) is 6.54 Å². The summed E-state index contributed by atoms with van der Waals surface area (Å²) in [6.07, 6.45) is 8.77. The lowest BCUT2D eigenvalue weighted by atomic mass is 9.85. The number of hydrogen-bond acceptors (Lipinski definition) is 6. The summed E-state index contributed by atoms with van der Waals surface area (Å²) in [6.45, 7) is 0.461. The Hall–Kier alpha value is -1.80. The van der Waals surface area contributed by atoms with Crippen LogP contribution in [0.1, 0.15) is 62.3 Å². The topological polar surface area (TPSA) is 89.2 Å². The molecule has 2 aromatic rings. The fourth-order valence-corrected chi connectivity index (χ4v) is 4.89. The van der Waals surface area contributed by atoms with Gasteiger partial charge in [-0.05, 0) is 37.8 Å². The molecule has 0 N–H and O–H groups in total. The van der Waals surface area contributed by atoms with Crippen LogP contribution < -0.4 is 0 Å². The molecule has 0 unspecified atom stereocenters. The van der Waals surface area contributed by atoms with E-state index in [1.54, 1.807) is 18.3 Å². The second-order valence-corrected chi connectivity index (χ2v) is 8.31. The molecule has 1 aliphatic heterocycles. The number of piperidine rings is 1. The lowest BCUT2D eigenvalue weighted by Crippen LogP contribution is -2.38. The molecule has 2 aliphatic rings. The van der Waals surface area contributed by atoms with E-state index in [0.29, 0.717) is 30.7 Å². The Balaban J connectivity index is 1.64. The number of hydrogen-bond donors (Lipinski definition) is 0. The van der Waals surface area contributed by atoms with E-state index in [-0.39, 0.29) is 10.9 Å². The monoisotopic (exact) mass is 348 g/mol. The Kier molecular flexibility index (Phi) is 4.09. The highest BCUT2D eigenvalue weighted by atomic mass is 32.2. The zero-order chi connectivity index (χ0) is 16.6. The number of nitrogens with zero attached hydrogens (tertiary/aromatic N) is 4. The van der Waals surface area contributed by atoms with E-state index in [1.165, 1.54) is 16.9 Å². The summed E-state index contributed by atoms with van der Waals surface area (Å²) in [5, 5.41) is 8.31. The molecular formula is C16H20N4O3S. The molecule has 128 valence electrons. The Bertz CT molecular complexity index is 802. The molecule has 0 amide bonds. The van der Waals surface area contributed by atoms with E-state index in [1.807, 2.05) is 0 Å². The molecule has 0 aromatic carbocycles. The van der Waals surface area contributed by atoms with Gasteiger partial charge in [-0.2, -0.15) is 4.31 Å². The third kappa shape index (κ3) is 2.73. The number of aromatic nitrogens is 3. The maximum absolute atomic E-state index is 13.0. The van der Waals surface area contributed by atoms with Crippen LogP contribution in [-0.4, -0.2) is 34.4 Å². The van der Waals surface area contributed by atoms with Crippen LogP contribution in [0.4, 0.5) is 0 Å². The summed E-state index contributed by atoms with van der Waals surface area (Å²) >= 11 is 0. The van der Waals surface area contributed by atoms with Gasteiger partial charge in [0.2, 0.25) is 21.8 Å². The van der Waals surface area contributed by atoms with E-state index in [4.69, 9.17) is 4.42 Å². The van der Waals surface area contributed by atoms with E-state index in [9.17, 15) is 8.42 Å². The minimum atomic E-state index is -3.62. The van der Waals surface area contributed by atoms with Gasteiger partial charge in [-0.1, -0.05) is 12.8 Å². The average Bonchev–Trinajstić information content (AvgIpc) is 3.03. The lowest BCUT2D eigenvalue weighted by molar-refractivity contribution is 0.210. The van der Waals surface area contributed by atoms with Crippen molar-refractivity contribution in [3.05, 3.63) is 36.3 Å². The molecule has 1 aliphatic carbocycles. The highest BCUT2D eigenvalue weighted by molar-refractivity contribution is 7.89. The van der Waals surface area contributed by atoms with Gasteiger partial charge in [-0.15, -0.1) is 10.2 Å². The molecule has 0 spiro atoms. The molecule has 2 fully saturated rings. The van der Waals surface area contributed by atoms with Gasteiger partial charge in [0.1, 0.15) is 10.9 Å². The fourth-order valence-electron chi connectivity index (χ4n) is 3.28. The van der Waals surface area contributed by atoms with Gasteiger partial charge in [0.25, 0.3) is 0 Å². The standard InChI is InChI=1S/C16H20N4O3S/c21-24(22,13-7-4-9-17-11-13)20-10-2-1-8-14(20)16-19-18-15(23-16)12-5-3-6-12/h4,7,9,11-12,14H,1-3,5-6,8,10H2/t14-/m1/s1. The zero-order valence-corrected chi connectivity index (χ0v) is 14.2. The SMILES string of the molecule is O=S(=O)(c1cccnc1)N1CCCC[C@@H]1c1nnc(C2CCC2)o1. The lowest BCUT2D eigenvalue weighted by Gasteiger charge is -2.32. The van der Waals surface area contributed by atoms with Gasteiger partial charge in [-0.25, -0.2) is 8.42 Å². The van der Waals surface area contributed by atoms with Gasteiger partial charge in [-0.3, -0.25) is 4.98 Å². The molecule has 1 atom stereocenters. The normalized spacial score (nSPS) is 23.1. The Morgan fingerprint density at radius 3 is 2.62 bits per heavy atom. The first-order chi connectivity index (χ1) is 11.7. The molecule has 7 nitrogen and oxygen atoms in total. The van der Waals surface area contributed by atoms with Crippen LogP contribution >= 0.6 is 0 Å². The highest BCUT2D eigenvalue weighted by Gasteiger charge is 2.38. The van der Waals surface area contributed by atoms with Gasteiger partial charge in [0.15, 0.2) is 0 Å². The van der Waals surface area contributed by atoms with Crippen molar-refractivity contribution in [2.45, 2.75) is 55.4 Å². The molecule has 1 saturated heterocycles. The number of sulfonamides is 1. The van der Waals surface area contributed by atoms with Crippen molar-refractivity contribution < 1.29 is 12.8 Å². The van der Waals surface area contributed by atoms with Crippen molar-refractivity contribution in [1.82, 2.24) is 19.5 Å². The van der Waals surface area contributed by atoms with Gasteiger partial charge in [0, 0.05) is 24.9 Å². The number of pyridine rings is 1. The maximum atomic E-state index is 13.0. The van der Waals surface area contributed by atoms with Gasteiger partial charge in [0.05, 0.1) is 0 Å². The molecule has 0 bridgehead atoms. The molecule has 3 heterocycles. The molecule has 4 rings (SSSR count). The van der Waals surface area contributed by atoms with Crippen LogP contribution in [0, 0.1) is 0 Å². The van der Waals surface area contributed by atoms with Crippen molar-refractivity contribution in [3.63, 3.8) is 0 Å². The largest absolute Gasteiger partial charge is 0.423 e. The highest BCUT2D eigenvalue weighted by Crippen LogP contribution is 2.39. The van der Waals surface area contributed by atoms with E-state index in [2.05, 4.69) is 15.2 Å². The maximum Gasteiger partial charge on any atom is 0.245 e. The Morgan fingerprint density at radius 2 is 1.92 bits per heavy atom. The summed E-state index contributed by atoms with van der Waals surface area (Å²) in [7, 11) is -3.62. The summed E-state index contributed by atoms with van der Waals surface area (Å²) in [6, 6.07) is 2.82. The third-order valence-corrected chi connectivity index (χ3v) is 6.78. The second kappa shape index (κ2) is 6.25. The van der Waals surface area contributed by atoms with E-state index >= 15 is 0 Å². The van der Waals surface area contributed by atoms with Crippen molar-refractivity contribution in [3.8, 4) is 0 Å². The van der Waals surface area contributed by atoms with E-state index in [0.717, 1.165) is 25.7 Å². The first kappa shape index (κ1) is 15.7. The summed E-state index contributed by atoms with van der Waals surface area (Å²) < 4.78 is 33.3. The predicted octanol–water partition coefficient (Wildman–Crippen LogP) is 2.65. The molecule has 1 saturated carbocycles. The van der Waals surface area contributed by atoms with Gasteiger partial charge >= 0.3 is 0 Å². The quantitative estimate of drug-likeness (QED) is 0.844. The Labute approximate surface area is 141 Å². The van der Waals surface area contributed by atoms with Crippen LogP contribution in [-0.2, 0) is 10.0 Å². The molecule has 2 aromatic heterocycles. The van der Waals surface area contributed by atoms with Gasteiger partial charge < -0.3 is 4.42 Å². The summed E-state index contributed by atoms with van der Waals surface area (Å²) in [5.74, 6) is 1.42.